The number of nitrogens with zero attached hydrogens (tertiary/aromatic N) is 1. The van der Waals surface area contributed by atoms with Gasteiger partial charge in [0.25, 0.3) is 0 Å². The van der Waals surface area contributed by atoms with E-state index in [9.17, 15) is 19.5 Å². The Hall–Kier alpha value is -3.38. The number of ketones is 2. The second-order valence-electron chi connectivity index (χ2n) is 9.42. The van der Waals surface area contributed by atoms with Gasteiger partial charge in [0.1, 0.15) is 12.4 Å². The van der Waals surface area contributed by atoms with Crippen molar-refractivity contribution >= 4 is 29.1 Å². The highest BCUT2D eigenvalue weighted by Gasteiger charge is 2.44. The third kappa shape index (κ3) is 4.58. The fourth-order valence-corrected chi connectivity index (χ4v) is 5.82. The van der Waals surface area contributed by atoms with Crippen molar-refractivity contribution < 1.29 is 24.2 Å². The lowest BCUT2D eigenvalue weighted by molar-refractivity contribution is -0.137. The first-order valence-corrected chi connectivity index (χ1v) is 12.8. The molecule has 36 heavy (non-hydrogen) atoms. The van der Waals surface area contributed by atoms with Gasteiger partial charge in [-0.15, -0.1) is 0 Å². The molecule has 0 radical (unpaired) electrons. The molecule has 6 nitrogen and oxygen atoms in total. The van der Waals surface area contributed by atoms with Gasteiger partial charge in [0.05, 0.1) is 6.42 Å². The third-order valence-electron chi connectivity index (χ3n) is 7.21. The van der Waals surface area contributed by atoms with Gasteiger partial charge in [0.15, 0.2) is 11.6 Å². The van der Waals surface area contributed by atoms with E-state index in [1.165, 1.54) is 0 Å². The highest BCUT2D eigenvalue weighted by molar-refractivity contribution is 6.31. The quantitative estimate of drug-likeness (QED) is 0.511. The first-order valence-electron chi connectivity index (χ1n) is 12.4. The molecule has 3 aliphatic rings. The number of hydrogen-bond acceptors (Lipinski definition) is 5. The summed E-state index contributed by atoms with van der Waals surface area (Å²) >= 11 is 6.34. The molecule has 0 aromatic heterocycles. The number of aliphatic carboxylic acids is 1. The molecule has 186 valence electrons. The summed E-state index contributed by atoms with van der Waals surface area (Å²) in [6.07, 6.45) is 3.58. The zero-order valence-electron chi connectivity index (χ0n) is 20.0. The molecule has 0 atom stereocenters. The molecule has 2 aliphatic carbocycles. The van der Waals surface area contributed by atoms with Crippen LogP contribution < -0.4 is 4.74 Å². The zero-order valence-corrected chi connectivity index (χ0v) is 20.7. The van der Waals surface area contributed by atoms with Gasteiger partial charge in [0, 0.05) is 64.0 Å². The Morgan fingerprint density at radius 3 is 2.17 bits per heavy atom. The smallest absolute Gasteiger partial charge is 0.305 e. The molecule has 7 heteroatoms. The van der Waals surface area contributed by atoms with Crippen molar-refractivity contribution in [2.45, 2.75) is 57.5 Å². The molecular formula is C29H28ClNO5. The first kappa shape index (κ1) is 24.3. The Morgan fingerprint density at radius 2 is 1.53 bits per heavy atom. The largest absolute Gasteiger partial charge is 0.489 e. The highest BCUT2D eigenvalue weighted by atomic mass is 35.5. The van der Waals surface area contributed by atoms with Gasteiger partial charge in [-0.2, -0.15) is 0 Å². The van der Waals surface area contributed by atoms with E-state index in [0.717, 1.165) is 35.4 Å². The number of ether oxygens (including phenoxy) is 1. The van der Waals surface area contributed by atoms with Crippen LogP contribution in [0.5, 0.6) is 5.75 Å². The molecule has 0 saturated carbocycles. The third-order valence-corrected chi connectivity index (χ3v) is 7.58. The molecular weight excluding hydrogens is 478 g/mol. The molecule has 2 aromatic rings. The molecule has 0 bridgehead atoms. The van der Waals surface area contributed by atoms with Crippen molar-refractivity contribution in [3.63, 3.8) is 0 Å². The van der Waals surface area contributed by atoms with Gasteiger partial charge in [-0.1, -0.05) is 48.0 Å². The number of carboxylic acids is 1. The summed E-state index contributed by atoms with van der Waals surface area (Å²) in [5.41, 5.74) is 4.61. The summed E-state index contributed by atoms with van der Waals surface area (Å²) in [6, 6.07) is 15.1. The molecule has 0 fully saturated rings. The normalized spacial score (nSPS) is 18.3. The summed E-state index contributed by atoms with van der Waals surface area (Å²) in [7, 11) is 0. The summed E-state index contributed by atoms with van der Waals surface area (Å²) in [6.45, 7) is 0.513. The number of Topliss-reactive ketones (excluding diaryl/α,β-unsaturated/α-hetero) is 2. The van der Waals surface area contributed by atoms with E-state index < -0.39 is 11.9 Å². The zero-order chi connectivity index (χ0) is 25.2. The van der Waals surface area contributed by atoms with E-state index in [4.69, 9.17) is 16.3 Å². The standard InChI is InChI=1S/C29H28ClNO5/c30-20-9-3-1-7-18(20)17-36-25-14-4-2-8-19(25)27-28-21(10-5-12-23(28)32)31(16-15-26(34)35)22-11-6-13-24(33)29(22)27/h1-4,7-9,14,27H,5-6,10-13,15-17H2,(H,34,35). The number of rotatable bonds is 7. The molecule has 2 aromatic carbocycles. The van der Waals surface area contributed by atoms with E-state index in [1.54, 1.807) is 0 Å². The number of hydrogen-bond donors (Lipinski definition) is 1. The van der Waals surface area contributed by atoms with E-state index >= 15 is 0 Å². The average molecular weight is 506 g/mol. The van der Waals surface area contributed by atoms with E-state index in [-0.39, 0.29) is 31.1 Å². The van der Waals surface area contributed by atoms with Crippen molar-refractivity contribution in [1.82, 2.24) is 4.90 Å². The summed E-state index contributed by atoms with van der Waals surface area (Å²) in [4.78, 5) is 40.2. The number of halogens is 1. The lowest BCUT2D eigenvalue weighted by atomic mass is 9.70. The molecule has 5 rings (SSSR count). The molecule has 1 aliphatic heterocycles. The van der Waals surface area contributed by atoms with Gasteiger partial charge in [-0.25, -0.2) is 0 Å². The highest BCUT2D eigenvalue weighted by Crippen LogP contribution is 2.50. The van der Waals surface area contributed by atoms with Crippen molar-refractivity contribution in [3.05, 3.63) is 87.2 Å². The Balaban J connectivity index is 1.61. The minimum Gasteiger partial charge on any atom is -0.489 e. The topological polar surface area (TPSA) is 83.9 Å². The van der Waals surface area contributed by atoms with Gasteiger partial charge in [-0.3, -0.25) is 14.4 Å². The first-order chi connectivity index (χ1) is 17.5. The Kier molecular flexibility index (Phi) is 6.97. The number of carbonyl (C=O) groups excluding carboxylic acids is 2. The number of para-hydroxylation sites is 1. The fourth-order valence-electron chi connectivity index (χ4n) is 5.63. The van der Waals surface area contributed by atoms with Gasteiger partial charge in [0.2, 0.25) is 0 Å². The second-order valence-corrected chi connectivity index (χ2v) is 9.83. The predicted molar refractivity (Wildman–Crippen MR) is 136 cm³/mol. The summed E-state index contributed by atoms with van der Waals surface area (Å²) < 4.78 is 6.25. The Labute approximate surface area is 215 Å². The van der Waals surface area contributed by atoms with Crippen LogP contribution in [0, 0.1) is 0 Å². The minimum atomic E-state index is -0.899. The maximum Gasteiger partial charge on any atom is 0.305 e. The molecule has 0 saturated heterocycles. The van der Waals surface area contributed by atoms with Gasteiger partial charge < -0.3 is 14.7 Å². The Bertz CT molecular complexity index is 1250. The monoisotopic (exact) mass is 505 g/mol. The van der Waals surface area contributed by atoms with Crippen LogP contribution in [0.15, 0.2) is 71.1 Å². The Morgan fingerprint density at radius 1 is 0.917 bits per heavy atom. The average Bonchev–Trinajstić information content (AvgIpc) is 2.87. The maximum atomic E-state index is 13.4. The van der Waals surface area contributed by atoms with Crippen LogP contribution in [0.1, 0.15) is 62.0 Å². The van der Waals surface area contributed by atoms with Crippen LogP contribution in [0.2, 0.25) is 5.02 Å². The van der Waals surface area contributed by atoms with Crippen molar-refractivity contribution in [3.8, 4) is 5.75 Å². The van der Waals surface area contributed by atoms with Gasteiger partial charge >= 0.3 is 5.97 Å². The number of carboxylic acid groups (broad SMARTS) is 1. The van der Waals surface area contributed by atoms with Crippen LogP contribution in [-0.4, -0.2) is 34.1 Å². The van der Waals surface area contributed by atoms with E-state index in [2.05, 4.69) is 0 Å². The predicted octanol–water partition coefficient (Wildman–Crippen LogP) is 5.81. The van der Waals surface area contributed by atoms with Crippen LogP contribution in [0.4, 0.5) is 0 Å². The molecule has 0 unspecified atom stereocenters. The van der Waals surface area contributed by atoms with E-state index in [0.29, 0.717) is 47.6 Å². The number of carbonyl (C=O) groups is 3. The van der Waals surface area contributed by atoms with Crippen molar-refractivity contribution in [1.29, 1.82) is 0 Å². The SMILES string of the molecule is O=C(O)CCN1C2=C(C(=O)CCC2)C(c2ccccc2OCc2ccccc2Cl)C2=C1CCCC2=O. The summed E-state index contributed by atoms with van der Waals surface area (Å²) in [5, 5.41) is 9.97. The fraction of sp³-hybridized carbons (Fsp3) is 0.345. The van der Waals surface area contributed by atoms with Crippen LogP contribution >= 0.6 is 11.6 Å². The van der Waals surface area contributed by atoms with Crippen molar-refractivity contribution in [2.24, 2.45) is 0 Å². The molecule has 0 amide bonds. The lowest BCUT2D eigenvalue weighted by Crippen LogP contribution is -2.40. The van der Waals surface area contributed by atoms with Crippen LogP contribution in [0.3, 0.4) is 0 Å². The summed E-state index contributed by atoms with van der Waals surface area (Å²) in [5.74, 6) is -0.764. The minimum absolute atomic E-state index is 0.0207. The molecule has 1 heterocycles. The van der Waals surface area contributed by atoms with Crippen LogP contribution in [0.25, 0.3) is 0 Å². The second kappa shape index (κ2) is 10.3. The number of benzene rings is 2. The maximum absolute atomic E-state index is 13.4. The van der Waals surface area contributed by atoms with Crippen molar-refractivity contribution in [2.75, 3.05) is 6.54 Å². The van der Waals surface area contributed by atoms with Crippen LogP contribution in [-0.2, 0) is 21.0 Å². The van der Waals surface area contributed by atoms with Gasteiger partial charge in [-0.05, 0) is 37.8 Å². The number of allylic oxidation sites excluding steroid dienone is 4. The molecule has 1 N–H and O–H groups in total. The lowest BCUT2D eigenvalue weighted by Gasteiger charge is -2.44. The van der Waals surface area contributed by atoms with E-state index in [1.807, 2.05) is 53.4 Å². The molecule has 0 spiro atoms.